The molecule has 168 valence electrons. The topological polar surface area (TPSA) is 125 Å². The molecule has 3 N–H and O–H groups in total. The number of nitro groups is 1. The number of piperidine rings is 1. The molecule has 1 fully saturated rings. The van der Waals surface area contributed by atoms with Gasteiger partial charge in [0.2, 0.25) is 0 Å². The van der Waals surface area contributed by atoms with E-state index < -0.39 is 16.8 Å². The van der Waals surface area contributed by atoms with Gasteiger partial charge < -0.3 is 15.3 Å². The molecular weight excluding hydrogens is 432 g/mol. The maximum Gasteiger partial charge on any atom is 0.336 e. The molecule has 1 heterocycles. The minimum Gasteiger partial charge on any atom is -0.478 e. The highest BCUT2D eigenvalue weighted by molar-refractivity contribution is 7.80. The van der Waals surface area contributed by atoms with Crippen LogP contribution in [-0.2, 0) is 0 Å². The summed E-state index contributed by atoms with van der Waals surface area (Å²) in [6.45, 7) is 5.31. The van der Waals surface area contributed by atoms with E-state index in [-0.39, 0.29) is 21.9 Å². The van der Waals surface area contributed by atoms with Gasteiger partial charge in [-0.2, -0.15) is 0 Å². The number of rotatable bonds is 5. The SMILES string of the molecule is Cc1c(NC(=S)NC(=O)c2cc([N+](=O)[O-])ccc2N2CCC(C)CC2)cccc1C(=O)O. The number of aromatic carboxylic acids is 1. The molecule has 2 aromatic carbocycles. The van der Waals surface area contributed by atoms with Crippen LogP contribution >= 0.6 is 12.2 Å². The second-order valence-corrected chi connectivity index (χ2v) is 8.23. The zero-order valence-electron chi connectivity index (χ0n) is 17.8. The van der Waals surface area contributed by atoms with E-state index in [1.807, 2.05) is 0 Å². The molecule has 2 aromatic rings. The Labute approximate surface area is 190 Å². The highest BCUT2D eigenvalue weighted by Crippen LogP contribution is 2.29. The summed E-state index contributed by atoms with van der Waals surface area (Å²) >= 11 is 5.24. The van der Waals surface area contributed by atoms with Crippen LogP contribution in [0.5, 0.6) is 0 Å². The molecule has 0 radical (unpaired) electrons. The molecule has 0 bridgehead atoms. The van der Waals surface area contributed by atoms with Crippen molar-refractivity contribution in [1.82, 2.24) is 5.32 Å². The fourth-order valence-electron chi connectivity index (χ4n) is 3.67. The van der Waals surface area contributed by atoms with Crippen molar-refractivity contribution in [2.75, 3.05) is 23.3 Å². The number of nitro benzene ring substituents is 1. The summed E-state index contributed by atoms with van der Waals surface area (Å²) in [5.41, 5.74) is 1.62. The van der Waals surface area contributed by atoms with Crippen LogP contribution in [0.3, 0.4) is 0 Å². The van der Waals surface area contributed by atoms with Crippen LogP contribution in [0.25, 0.3) is 0 Å². The Morgan fingerprint density at radius 3 is 2.50 bits per heavy atom. The van der Waals surface area contributed by atoms with Gasteiger partial charge in [-0.15, -0.1) is 0 Å². The Balaban J connectivity index is 1.82. The average Bonchev–Trinajstić information content (AvgIpc) is 2.75. The van der Waals surface area contributed by atoms with Crippen LogP contribution in [0.1, 0.15) is 46.0 Å². The maximum absolute atomic E-state index is 13.0. The lowest BCUT2D eigenvalue weighted by atomic mass is 9.98. The zero-order valence-corrected chi connectivity index (χ0v) is 18.6. The number of nitrogens with zero attached hydrogens (tertiary/aromatic N) is 2. The number of anilines is 2. The van der Waals surface area contributed by atoms with E-state index >= 15 is 0 Å². The molecule has 0 spiro atoms. The molecule has 1 saturated heterocycles. The van der Waals surface area contributed by atoms with E-state index in [9.17, 15) is 24.8 Å². The van der Waals surface area contributed by atoms with Gasteiger partial charge in [-0.3, -0.25) is 20.2 Å². The van der Waals surface area contributed by atoms with E-state index in [2.05, 4.69) is 22.5 Å². The second-order valence-electron chi connectivity index (χ2n) is 7.82. The second kappa shape index (κ2) is 9.73. The van der Waals surface area contributed by atoms with Gasteiger partial charge in [0.25, 0.3) is 11.6 Å². The van der Waals surface area contributed by atoms with Crippen LogP contribution in [0.4, 0.5) is 17.1 Å². The summed E-state index contributed by atoms with van der Waals surface area (Å²) in [4.78, 5) is 37.1. The molecule has 0 aliphatic carbocycles. The fourth-order valence-corrected chi connectivity index (χ4v) is 3.87. The maximum atomic E-state index is 13.0. The lowest BCUT2D eigenvalue weighted by Crippen LogP contribution is -2.37. The van der Waals surface area contributed by atoms with Crippen molar-refractivity contribution < 1.29 is 19.6 Å². The monoisotopic (exact) mass is 456 g/mol. The van der Waals surface area contributed by atoms with Gasteiger partial charge in [-0.1, -0.05) is 13.0 Å². The summed E-state index contributed by atoms with van der Waals surface area (Å²) < 4.78 is 0. The van der Waals surface area contributed by atoms with Crippen molar-refractivity contribution >= 4 is 46.3 Å². The fraction of sp³-hybridized carbons (Fsp3) is 0.318. The standard InChI is InChI=1S/C22H24N4O5S/c1-13-8-10-25(11-9-13)19-7-6-15(26(30)31)12-17(19)20(27)24-22(32)23-18-5-3-4-16(14(18)2)21(28)29/h3-7,12-13H,8-11H2,1-2H3,(H,28,29)(H2,23,24,27,32). The van der Waals surface area contributed by atoms with Crippen LogP contribution in [0, 0.1) is 23.0 Å². The molecule has 32 heavy (non-hydrogen) atoms. The van der Waals surface area contributed by atoms with Gasteiger partial charge in [0, 0.05) is 30.9 Å². The molecule has 10 heteroatoms. The number of non-ortho nitro benzene ring substituents is 1. The molecule has 9 nitrogen and oxygen atoms in total. The first kappa shape index (κ1) is 23.1. The number of carbonyl (C=O) groups is 2. The summed E-state index contributed by atoms with van der Waals surface area (Å²) in [5.74, 6) is -1.06. The number of hydrogen-bond acceptors (Lipinski definition) is 6. The first-order chi connectivity index (χ1) is 15.2. The molecule has 0 atom stereocenters. The zero-order chi connectivity index (χ0) is 23.4. The third-order valence-electron chi connectivity index (χ3n) is 5.60. The molecule has 1 aliphatic rings. The third-order valence-corrected chi connectivity index (χ3v) is 5.80. The molecule has 0 saturated carbocycles. The number of carbonyl (C=O) groups excluding carboxylic acids is 1. The van der Waals surface area contributed by atoms with Gasteiger partial charge in [0.1, 0.15) is 0 Å². The number of amides is 1. The first-order valence-electron chi connectivity index (χ1n) is 10.2. The van der Waals surface area contributed by atoms with Crippen molar-refractivity contribution in [2.45, 2.75) is 26.7 Å². The van der Waals surface area contributed by atoms with Gasteiger partial charge in [0.15, 0.2) is 5.11 Å². The van der Waals surface area contributed by atoms with Crippen molar-refractivity contribution in [3.8, 4) is 0 Å². The van der Waals surface area contributed by atoms with Crippen molar-refractivity contribution in [3.63, 3.8) is 0 Å². The largest absolute Gasteiger partial charge is 0.478 e. The highest BCUT2D eigenvalue weighted by atomic mass is 32.1. The Kier molecular flexibility index (Phi) is 7.04. The smallest absolute Gasteiger partial charge is 0.336 e. The number of nitrogens with one attached hydrogen (secondary N) is 2. The van der Waals surface area contributed by atoms with E-state index in [1.54, 1.807) is 25.1 Å². The van der Waals surface area contributed by atoms with Crippen LogP contribution in [0.2, 0.25) is 0 Å². The Morgan fingerprint density at radius 1 is 1.19 bits per heavy atom. The van der Waals surface area contributed by atoms with Crippen LogP contribution < -0.4 is 15.5 Å². The first-order valence-corrected chi connectivity index (χ1v) is 10.6. The lowest BCUT2D eigenvalue weighted by Gasteiger charge is -2.33. The minimum atomic E-state index is -1.07. The van der Waals surface area contributed by atoms with Crippen molar-refractivity contribution in [1.29, 1.82) is 0 Å². The predicted octanol–water partition coefficient (Wildman–Crippen LogP) is 3.96. The quantitative estimate of drug-likeness (QED) is 0.351. The third kappa shape index (κ3) is 5.20. The summed E-state index contributed by atoms with van der Waals surface area (Å²) in [6.07, 6.45) is 1.94. The predicted molar refractivity (Wildman–Crippen MR) is 126 cm³/mol. The molecule has 3 rings (SSSR count). The van der Waals surface area contributed by atoms with E-state index in [4.69, 9.17) is 12.2 Å². The molecular formula is C22H24N4O5S. The number of thiocarbonyl (C=S) groups is 1. The lowest BCUT2D eigenvalue weighted by molar-refractivity contribution is -0.384. The van der Waals surface area contributed by atoms with Crippen LogP contribution in [0.15, 0.2) is 36.4 Å². The molecule has 0 aromatic heterocycles. The summed E-state index contributed by atoms with van der Waals surface area (Å²) in [7, 11) is 0. The van der Waals surface area contributed by atoms with Crippen molar-refractivity contribution in [3.05, 3.63) is 63.2 Å². The average molecular weight is 457 g/mol. The normalized spacial score (nSPS) is 14.0. The van der Waals surface area contributed by atoms with E-state index in [0.717, 1.165) is 25.9 Å². The van der Waals surface area contributed by atoms with E-state index in [0.29, 0.717) is 22.9 Å². The Bertz CT molecular complexity index is 1080. The van der Waals surface area contributed by atoms with E-state index in [1.165, 1.54) is 18.2 Å². The molecule has 1 aliphatic heterocycles. The van der Waals surface area contributed by atoms with Crippen molar-refractivity contribution in [2.24, 2.45) is 5.92 Å². The van der Waals surface area contributed by atoms with Gasteiger partial charge in [-0.25, -0.2) is 4.79 Å². The Morgan fingerprint density at radius 2 is 1.88 bits per heavy atom. The number of benzene rings is 2. The Hall–Kier alpha value is -3.53. The summed E-state index contributed by atoms with van der Waals surface area (Å²) in [6, 6.07) is 8.93. The number of carboxylic acid groups (broad SMARTS) is 1. The molecule has 1 amide bonds. The number of hydrogen-bond donors (Lipinski definition) is 3. The molecule has 0 unspecified atom stereocenters. The minimum absolute atomic E-state index is 0.0367. The van der Waals surface area contributed by atoms with Gasteiger partial charge >= 0.3 is 5.97 Å². The summed E-state index contributed by atoms with van der Waals surface area (Å²) in [5, 5.41) is 25.9. The van der Waals surface area contributed by atoms with Gasteiger partial charge in [-0.05, 0) is 61.7 Å². The number of carboxylic acids is 1. The highest BCUT2D eigenvalue weighted by Gasteiger charge is 2.24. The van der Waals surface area contributed by atoms with Crippen LogP contribution in [-0.4, -0.2) is 40.1 Å². The van der Waals surface area contributed by atoms with Gasteiger partial charge in [0.05, 0.1) is 21.7 Å².